The molecule has 4 nitrogen and oxygen atoms in total. The smallest absolute Gasteiger partial charge is 0.352 e. The van der Waals surface area contributed by atoms with E-state index in [4.69, 9.17) is 9.52 Å². The van der Waals surface area contributed by atoms with Crippen molar-refractivity contribution < 1.29 is 14.3 Å². The molecule has 0 amide bonds. The monoisotopic (exact) mass is 177 g/mol. The average Bonchev–Trinajstić information content (AvgIpc) is 2.75. The zero-order valence-corrected chi connectivity index (χ0v) is 6.65. The molecule has 0 bridgehead atoms. The second-order valence-corrected chi connectivity index (χ2v) is 2.60. The number of carboxylic acids is 1. The van der Waals surface area contributed by atoms with Gasteiger partial charge in [0.15, 0.2) is 0 Å². The fourth-order valence-electron chi connectivity index (χ4n) is 1.11. The molecule has 0 aliphatic heterocycles. The summed E-state index contributed by atoms with van der Waals surface area (Å²) >= 11 is 0. The van der Waals surface area contributed by atoms with Crippen molar-refractivity contribution in [2.45, 2.75) is 0 Å². The average molecular weight is 177 g/mol. The lowest BCUT2D eigenvalue weighted by Gasteiger charge is -1.89. The number of furan rings is 1. The SMILES string of the molecule is O=C(O)c1ccc(-c2ccoc2)[nH]1. The number of nitrogens with one attached hydrogen (secondary N) is 1. The van der Waals surface area contributed by atoms with Crippen molar-refractivity contribution in [2.24, 2.45) is 0 Å². The van der Waals surface area contributed by atoms with E-state index in [1.54, 1.807) is 18.4 Å². The van der Waals surface area contributed by atoms with Gasteiger partial charge in [-0.1, -0.05) is 0 Å². The Labute approximate surface area is 73.8 Å². The van der Waals surface area contributed by atoms with Gasteiger partial charge in [0.05, 0.1) is 12.5 Å². The number of aromatic amines is 1. The summed E-state index contributed by atoms with van der Waals surface area (Å²) in [6, 6.07) is 4.98. The molecule has 0 spiro atoms. The summed E-state index contributed by atoms with van der Waals surface area (Å²) in [4.78, 5) is 13.3. The van der Waals surface area contributed by atoms with Crippen LogP contribution in [0.4, 0.5) is 0 Å². The Balaban J connectivity index is 2.39. The van der Waals surface area contributed by atoms with Crippen LogP contribution in [0.3, 0.4) is 0 Å². The van der Waals surface area contributed by atoms with Crippen molar-refractivity contribution in [3.05, 3.63) is 36.4 Å². The normalized spacial score (nSPS) is 10.2. The molecule has 2 aromatic heterocycles. The molecule has 2 rings (SSSR count). The molecule has 0 fully saturated rings. The van der Waals surface area contributed by atoms with Gasteiger partial charge in [0.25, 0.3) is 0 Å². The number of aromatic nitrogens is 1. The van der Waals surface area contributed by atoms with E-state index in [2.05, 4.69) is 4.98 Å². The number of hydrogen-bond donors (Lipinski definition) is 2. The molecule has 2 aromatic rings. The maximum absolute atomic E-state index is 10.5. The Morgan fingerprint density at radius 2 is 2.23 bits per heavy atom. The zero-order valence-electron chi connectivity index (χ0n) is 6.65. The molecule has 66 valence electrons. The predicted octanol–water partition coefficient (Wildman–Crippen LogP) is 1.97. The second kappa shape index (κ2) is 2.82. The minimum Gasteiger partial charge on any atom is -0.477 e. The zero-order chi connectivity index (χ0) is 9.26. The summed E-state index contributed by atoms with van der Waals surface area (Å²) in [5.74, 6) is -0.963. The predicted molar refractivity (Wildman–Crippen MR) is 45.5 cm³/mol. The molecule has 0 unspecified atom stereocenters. The molecular weight excluding hydrogens is 170 g/mol. The number of aromatic carboxylic acids is 1. The minimum absolute atomic E-state index is 0.177. The molecule has 2 N–H and O–H groups in total. The van der Waals surface area contributed by atoms with Gasteiger partial charge in [-0.2, -0.15) is 0 Å². The van der Waals surface area contributed by atoms with Gasteiger partial charge in [-0.15, -0.1) is 0 Å². The first-order chi connectivity index (χ1) is 6.27. The fourth-order valence-corrected chi connectivity index (χ4v) is 1.11. The van der Waals surface area contributed by atoms with Crippen LogP contribution in [0, 0.1) is 0 Å². The Morgan fingerprint density at radius 1 is 1.38 bits per heavy atom. The summed E-state index contributed by atoms with van der Waals surface area (Å²) < 4.78 is 4.87. The van der Waals surface area contributed by atoms with E-state index in [0.29, 0.717) is 0 Å². The van der Waals surface area contributed by atoms with E-state index < -0.39 is 5.97 Å². The minimum atomic E-state index is -0.963. The van der Waals surface area contributed by atoms with Gasteiger partial charge >= 0.3 is 5.97 Å². The van der Waals surface area contributed by atoms with Crippen LogP contribution < -0.4 is 0 Å². The summed E-state index contributed by atoms with van der Waals surface area (Å²) in [6.07, 6.45) is 3.09. The third kappa shape index (κ3) is 1.33. The van der Waals surface area contributed by atoms with Gasteiger partial charge in [-0.05, 0) is 18.2 Å². The van der Waals surface area contributed by atoms with Crippen LogP contribution in [0.5, 0.6) is 0 Å². The van der Waals surface area contributed by atoms with Crippen molar-refractivity contribution in [1.82, 2.24) is 4.98 Å². The quantitative estimate of drug-likeness (QED) is 0.736. The Bertz CT molecular complexity index is 414. The van der Waals surface area contributed by atoms with E-state index >= 15 is 0 Å². The Kier molecular flexibility index (Phi) is 1.66. The molecule has 4 heteroatoms. The van der Waals surface area contributed by atoms with Gasteiger partial charge in [0.1, 0.15) is 5.69 Å². The first-order valence-corrected chi connectivity index (χ1v) is 3.72. The van der Waals surface area contributed by atoms with Crippen molar-refractivity contribution >= 4 is 5.97 Å². The highest BCUT2D eigenvalue weighted by molar-refractivity contribution is 5.86. The Hall–Kier alpha value is -1.97. The molecule has 13 heavy (non-hydrogen) atoms. The van der Waals surface area contributed by atoms with Crippen LogP contribution in [-0.2, 0) is 0 Å². The lowest BCUT2D eigenvalue weighted by Crippen LogP contribution is -1.95. The van der Waals surface area contributed by atoms with Crippen LogP contribution >= 0.6 is 0 Å². The largest absolute Gasteiger partial charge is 0.477 e. The lowest BCUT2D eigenvalue weighted by molar-refractivity contribution is 0.0691. The number of carboxylic acid groups (broad SMARTS) is 1. The molecule has 0 saturated carbocycles. The second-order valence-electron chi connectivity index (χ2n) is 2.60. The molecule has 0 radical (unpaired) electrons. The van der Waals surface area contributed by atoms with Crippen LogP contribution in [-0.4, -0.2) is 16.1 Å². The highest BCUT2D eigenvalue weighted by Gasteiger charge is 2.07. The van der Waals surface area contributed by atoms with Gasteiger partial charge < -0.3 is 14.5 Å². The van der Waals surface area contributed by atoms with E-state index in [1.165, 1.54) is 12.3 Å². The first-order valence-electron chi connectivity index (χ1n) is 3.72. The maximum atomic E-state index is 10.5. The highest BCUT2D eigenvalue weighted by atomic mass is 16.4. The van der Waals surface area contributed by atoms with Gasteiger partial charge in [0.2, 0.25) is 0 Å². The summed E-state index contributed by atoms with van der Waals surface area (Å²) in [7, 11) is 0. The number of rotatable bonds is 2. The van der Waals surface area contributed by atoms with E-state index in [-0.39, 0.29) is 5.69 Å². The van der Waals surface area contributed by atoms with Crippen molar-refractivity contribution in [3.8, 4) is 11.3 Å². The van der Waals surface area contributed by atoms with E-state index in [9.17, 15) is 4.79 Å². The van der Waals surface area contributed by atoms with Crippen LogP contribution in [0.1, 0.15) is 10.5 Å². The van der Waals surface area contributed by atoms with Crippen LogP contribution in [0.2, 0.25) is 0 Å². The topological polar surface area (TPSA) is 66.2 Å². The summed E-state index contributed by atoms with van der Waals surface area (Å²) in [5.41, 5.74) is 1.76. The fraction of sp³-hybridized carbons (Fsp3) is 0. The molecule has 2 heterocycles. The number of H-pyrrole nitrogens is 1. The first kappa shape index (κ1) is 7.67. The van der Waals surface area contributed by atoms with E-state index in [0.717, 1.165) is 11.3 Å². The summed E-state index contributed by atoms with van der Waals surface area (Å²) in [6.45, 7) is 0. The molecular formula is C9H7NO3. The number of hydrogen-bond acceptors (Lipinski definition) is 2. The third-order valence-corrected chi connectivity index (χ3v) is 1.75. The third-order valence-electron chi connectivity index (χ3n) is 1.75. The van der Waals surface area contributed by atoms with Crippen molar-refractivity contribution in [1.29, 1.82) is 0 Å². The van der Waals surface area contributed by atoms with Crippen LogP contribution in [0.15, 0.2) is 35.1 Å². The standard InChI is InChI=1S/C9H7NO3/c11-9(12)8-2-1-7(10-8)6-3-4-13-5-6/h1-5,10H,(H,11,12). The molecule has 0 aliphatic carbocycles. The molecule has 0 saturated heterocycles. The van der Waals surface area contributed by atoms with Gasteiger partial charge in [-0.3, -0.25) is 0 Å². The van der Waals surface area contributed by atoms with Crippen LogP contribution in [0.25, 0.3) is 11.3 Å². The lowest BCUT2D eigenvalue weighted by atomic mass is 10.2. The molecule has 0 aliphatic rings. The molecule has 0 aromatic carbocycles. The van der Waals surface area contributed by atoms with E-state index in [1.807, 2.05) is 0 Å². The Morgan fingerprint density at radius 3 is 2.77 bits per heavy atom. The van der Waals surface area contributed by atoms with Gasteiger partial charge in [0, 0.05) is 11.3 Å². The maximum Gasteiger partial charge on any atom is 0.352 e. The van der Waals surface area contributed by atoms with Gasteiger partial charge in [-0.25, -0.2) is 4.79 Å². The summed E-state index contributed by atoms with van der Waals surface area (Å²) in [5, 5.41) is 8.64. The molecule has 0 atom stereocenters. The van der Waals surface area contributed by atoms with Crippen molar-refractivity contribution in [2.75, 3.05) is 0 Å². The number of carbonyl (C=O) groups is 1. The highest BCUT2D eigenvalue weighted by Crippen LogP contribution is 2.18. The van der Waals surface area contributed by atoms with Crippen molar-refractivity contribution in [3.63, 3.8) is 0 Å².